The standard InChI is InChI=1S/5C18H19NOS/c5*1-19-12-11-17(18-10-5-13-21-18)20-16-9-4-7-14-6-2-3-8-15(14)16/h5*2-10,13,17,19H,11-12H2,1H3/i1D3,2D,3D,4D,6D,7D,8D,9D,11D2;1D3,2D,3D,4D,6D,7D,8D,9D;1D3,5D,10D,11D2,12D2,13D,17D;1D3,5D,10D,12D2,13D,17D;1D3,5D,10D,11D2,13D,17D. The van der Waals surface area contributed by atoms with Crippen molar-refractivity contribution in [1.29, 1.82) is 0 Å². The molecular formula is C90H95N5O5S5. The topological polar surface area (TPSA) is 106 Å². The molecule has 0 saturated carbocycles. The summed E-state index contributed by atoms with van der Waals surface area (Å²) in [6.07, 6.45) is -19.0. The van der Waals surface area contributed by atoms with Gasteiger partial charge in [0.05, 0.1) is 35.6 Å². The summed E-state index contributed by atoms with van der Waals surface area (Å²) in [5.74, 6) is -0.285. The van der Waals surface area contributed by atoms with Crippen molar-refractivity contribution >= 4 is 111 Å². The van der Waals surface area contributed by atoms with Gasteiger partial charge in [-0.05, 0) is 182 Å². The van der Waals surface area contributed by atoms with Crippen molar-refractivity contribution in [2.45, 2.75) is 62.4 Å². The second-order valence-electron chi connectivity index (χ2n) is 20.9. The first-order valence-electron chi connectivity index (χ1n) is 56.8. The zero-order chi connectivity index (χ0) is 117. The Labute approximate surface area is 711 Å². The Morgan fingerprint density at radius 2 is 0.733 bits per heavy atom. The van der Waals surface area contributed by atoms with Crippen LogP contribution in [0.1, 0.15) is 157 Å². The molecule has 0 saturated heterocycles. The summed E-state index contributed by atoms with van der Waals surface area (Å²) < 4.78 is 434. The second-order valence-corrected chi connectivity index (χ2v) is 25.3. The van der Waals surface area contributed by atoms with Crippen molar-refractivity contribution in [2.75, 3.05) is 67.5 Å². The Bertz CT molecular complexity index is 7600. The van der Waals surface area contributed by atoms with Crippen LogP contribution >= 0.6 is 56.7 Å². The highest BCUT2D eigenvalue weighted by Crippen LogP contribution is 2.38. The van der Waals surface area contributed by atoms with Crippen molar-refractivity contribution in [3.63, 3.8) is 0 Å². The second kappa shape index (κ2) is 42.1. The number of hydrogen-bond acceptors (Lipinski definition) is 15. The van der Waals surface area contributed by atoms with Crippen LogP contribution < -0.4 is 50.3 Å². The maximum atomic E-state index is 8.95. The average Bonchev–Trinajstić information content (AvgIpc) is 1.54. The molecule has 15 heteroatoms. The first kappa shape index (κ1) is 35.0. The van der Waals surface area contributed by atoms with Crippen LogP contribution in [0.2, 0.25) is 0 Å². The van der Waals surface area contributed by atoms with E-state index < -0.39 is 254 Å². The first-order chi connectivity index (χ1) is 71.9. The minimum absolute atomic E-state index is 0.00230. The fraction of sp³-hybridized carbons (Fsp3) is 0.222. The average molecular weight is 1540 g/mol. The summed E-state index contributed by atoms with van der Waals surface area (Å²) in [5, 5.41) is 15.6. The lowest BCUT2D eigenvalue weighted by Gasteiger charge is -2.19. The van der Waals surface area contributed by atoms with Crippen LogP contribution in [0.15, 0.2) is 299 Å². The summed E-state index contributed by atoms with van der Waals surface area (Å²) in [4.78, 5) is 0.121. The zero-order valence-corrected chi connectivity index (χ0v) is 58.9. The molecule has 15 rings (SSSR count). The van der Waals surface area contributed by atoms with Crippen LogP contribution in [-0.4, -0.2) is 67.5 Å². The van der Waals surface area contributed by atoms with Gasteiger partial charge in [0.25, 0.3) is 0 Å². The van der Waals surface area contributed by atoms with E-state index in [0.29, 0.717) is 60.4 Å². The molecule has 0 spiro atoms. The number of hydrogen-bond donors (Lipinski definition) is 5. The summed E-state index contributed by atoms with van der Waals surface area (Å²) in [7, 11) is 0. The van der Waals surface area contributed by atoms with Gasteiger partial charge in [0.1, 0.15) is 59.2 Å². The molecule has 0 aliphatic carbocycles. The van der Waals surface area contributed by atoms with E-state index in [1.165, 1.54) is 17.4 Å². The Morgan fingerprint density at radius 3 is 1.22 bits per heavy atom. The summed E-state index contributed by atoms with van der Waals surface area (Å²) in [6.45, 7) is -20.7. The Morgan fingerprint density at radius 1 is 0.314 bits per heavy atom. The monoisotopic (exact) mass is 1540 g/mol. The molecule has 0 fully saturated rings. The number of fused-ring (bicyclic) bond motifs is 5. The number of ether oxygens (including phenoxy) is 5. The molecule has 10 aromatic carbocycles. The van der Waals surface area contributed by atoms with E-state index >= 15 is 0 Å². The van der Waals surface area contributed by atoms with E-state index in [0.717, 1.165) is 27.0 Å². The fourth-order valence-electron chi connectivity index (χ4n) is 9.62. The molecule has 540 valence electrons. The molecule has 15 aromatic rings. The van der Waals surface area contributed by atoms with Gasteiger partial charge in [-0.3, -0.25) is 0 Å². The Hall–Kier alpha value is -9.20. The molecule has 0 radical (unpaired) electrons. The normalized spacial score (nSPS) is 21.6. The van der Waals surface area contributed by atoms with Gasteiger partial charge >= 0.3 is 0 Å². The third-order valence-electron chi connectivity index (χ3n) is 14.2. The molecule has 105 heavy (non-hydrogen) atoms. The number of rotatable bonds is 30. The highest BCUT2D eigenvalue weighted by Gasteiger charge is 2.21. The van der Waals surface area contributed by atoms with Crippen molar-refractivity contribution in [1.82, 2.24) is 26.6 Å². The third-order valence-corrected chi connectivity index (χ3v) is 18.3. The van der Waals surface area contributed by atoms with Gasteiger partial charge in [0.15, 0.2) is 0 Å². The maximum absolute atomic E-state index is 8.95. The number of benzene rings is 10. The van der Waals surface area contributed by atoms with Gasteiger partial charge in [-0.15, -0.1) is 56.7 Å². The number of thiophene rings is 5. The molecule has 5 aromatic heterocycles. The molecule has 0 amide bonds. The minimum atomic E-state index is -3.40. The van der Waals surface area contributed by atoms with Crippen LogP contribution in [0.25, 0.3) is 53.9 Å². The van der Waals surface area contributed by atoms with Crippen molar-refractivity contribution in [3.05, 3.63) is 324 Å². The molecule has 0 aliphatic rings. The number of nitrogens with one attached hydrogen (secondary N) is 5. The van der Waals surface area contributed by atoms with E-state index in [9.17, 15) is 0 Å². The van der Waals surface area contributed by atoms with Gasteiger partial charge < -0.3 is 50.3 Å². The van der Waals surface area contributed by atoms with Gasteiger partial charge in [0, 0.05) is 118 Å². The molecule has 5 N–H and O–H groups in total. The molecular weight excluding hydrogens is 1390 g/mol. The smallest absolute Gasteiger partial charge is 0.134 e. The van der Waals surface area contributed by atoms with Crippen LogP contribution in [0.5, 0.6) is 28.7 Å². The van der Waals surface area contributed by atoms with Crippen LogP contribution in [-0.2, 0) is 0 Å². The molecule has 5 heterocycles. The molecule has 0 bridgehead atoms. The van der Waals surface area contributed by atoms with Crippen molar-refractivity contribution in [2.24, 2.45) is 0 Å². The van der Waals surface area contributed by atoms with Crippen molar-refractivity contribution < 1.29 is 93.6 Å². The molecule has 5 atom stereocenters. The quantitative estimate of drug-likeness (QED) is 0.0299. The summed E-state index contributed by atoms with van der Waals surface area (Å²) in [5.41, 5.74) is 0. The van der Waals surface area contributed by atoms with Gasteiger partial charge in [-0.2, -0.15) is 0 Å². The summed E-state index contributed by atoms with van der Waals surface area (Å²) >= 11 is 4.18. The van der Waals surface area contributed by atoms with Gasteiger partial charge in [-0.25, -0.2) is 0 Å². The highest BCUT2D eigenvalue weighted by molar-refractivity contribution is 7.11. The molecule has 5 unspecified atom stereocenters. The fourth-order valence-corrected chi connectivity index (χ4v) is 12.7. The predicted molar refractivity (Wildman–Crippen MR) is 451 cm³/mol. The lowest BCUT2D eigenvalue weighted by atomic mass is 10.1. The highest BCUT2D eigenvalue weighted by atomic mass is 32.1. The SMILES string of the molecule is [2H]c1c([2H])c([2H])c2c(OC(CCNC([2H])([2H])[2H])c3cccs3)c([2H])c([2H])c([2H])c2c1[2H].[2H]c1c([2H])c([2H])c2c(OC(c3cccs3)C([2H])([2H])CNC([2H])([2H])[2H])c([2H])c([2H])c([2H])c2c1[2H].[2H]c1sc(C([2H])(CC([2H])([2H])NC([2H])([2H])[2H])Oc2cccc3ccccc23)c([2H])c1[2H].[2H]c1sc(C([2H])(Oc2cccc3ccccc23)C([2H])([2H])C([2H])([2H])NC([2H])([2H])[2H])c([2H])c1[2H].[2H]c1sc(C([2H])(Oc2cccc3ccccc23)C([2H])([2H])CNC([2H])([2H])[2H])c([2H])c1[2H]. The van der Waals surface area contributed by atoms with Crippen molar-refractivity contribution in [3.8, 4) is 28.7 Å². The van der Waals surface area contributed by atoms with E-state index in [1.54, 1.807) is 125 Å². The van der Waals surface area contributed by atoms with Gasteiger partial charge in [0.2, 0.25) is 0 Å². The lowest BCUT2D eigenvalue weighted by molar-refractivity contribution is 0.201. The van der Waals surface area contributed by atoms with Crippen LogP contribution in [0.3, 0.4) is 0 Å². The Balaban J connectivity index is 0.000000184. The maximum Gasteiger partial charge on any atom is 0.134 e. The zero-order valence-electron chi connectivity index (χ0n) is 106. The Kier molecular flexibility index (Phi) is 14.0. The minimum Gasteiger partial charge on any atom is -0.484 e. The predicted octanol–water partition coefficient (Wildman–Crippen LogP) is 23.2. The largest absolute Gasteiger partial charge is 0.484 e. The first-order valence-corrected chi connectivity index (χ1v) is 35.5. The van der Waals surface area contributed by atoms with E-state index in [2.05, 4.69) is 16.0 Å². The van der Waals surface area contributed by atoms with Crippen LogP contribution in [0, 0.1) is 0 Å². The lowest BCUT2D eigenvalue weighted by Crippen LogP contribution is -2.15. The van der Waals surface area contributed by atoms with E-state index in [4.69, 9.17) is 93.6 Å². The van der Waals surface area contributed by atoms with E-state index in [1.807, 2.05) is 41.7 Å². The van der Waals surface area contributed by atoms with Gasteiger partial charge in [-0.1, -0.05) is 212 Å². The van der Waals surface area contributed by atoms with Crippen LogP contribution in [0.4, 0.5) is 0 Å². The third kappa shape index (κ3) is 22.4. The van der Waals surface area contributed by atoms with E-state index in [-0.39, 0.29) is 78.0 Å². The summed E-state index contributed by atoms with van der Waals surface area (Å²) in [6, 6.07) is 32.2. The molecule has 10 nitrogen and oxygen atoms in total. The molecule has 0 aliphatic heterocycles.